The summed E-state index contributed by atoms with van der Waals surface area (Å²) >= 11 is 0. The predicted octanol–water partition coefficient (Wildman–Crippen LogP) is 3.61. The van der Waals surface area contributed by atoms with Crippen LogP contribution in [-0.4, -0.2) is 27.5 Å². The SMILES string of the molecule is CC1c2cc(F)ccc2CCN1C(=O)c1cc(C(C)(C)C)[nH]n1. The molecule has 1 aliphatic rings. The van der Waals surface area contributed by atoms with Crippen LogP contribution >= 0.6 is 0 Å². The molecule has 0 aliphatic carbocycles. The molecule has 23 heavy (non-hydrogen) atoms. The summed E-state index contributed by atoms with van der Waals surface area (Å²) in [6.45, 7) is 8.76. The Labute approximate surface area is 135 Å². The molecule has 1 aliphatic heterocycles. The van der Waals surface area contributed by atoms with Gasteiger partial charge in [-0.1, -0.05) is 26.8 Å². The molecule has 0 saturated carbocycles. The number of hydrogen-bond acceptors (Lipinski definition) is 2. The molecule has 0 radical (unpaired) electrons. The summed E-state index contributed by atoms with van der Waals surface area (Å²) in [6, 6.07) is 6.49. The number of aromatic nitrogens is 2. The molecule has 5 heteroatoms. The van der Waals surface area contributed by atoms with E-state index in [-0.39, 0.29) is 23.2 Å². The Hall–Kier alpha value is -2.17. The average Bonchev–Trinajstić information content (AvgIpc) is 2.97. The topological polar surface area (TPSA) is 49.0 Å². The van der Waals surface area contributed by atoms with Gasteiger partial charge in [0.2, 0.25) is 0 Å². The van der Waals surface area contributed by atoms with Gasteiger partial charge in [0.1, 0.15) is 11.5 Å². The number of hydrogen-bond donors (Lipinski definition) is 1. The maximum absolute atomic E-state index is 13.5. The number of nitrogens with one attached hydrogen (secondary N) is 1. The van der Waals surface area contributed by atoms with Crippen molar-refractivity contribution in [3.05, 3.63) is 52.6 Å². The molecule has 3 rings (SSSR count). The predicted molar refractivity (Wildman–Crippen MR) is 86.8 cm³/mol. The van der Waals surface area contributed by atoms with Gasteiger partial charge in [-0.2, -0.15) is 5.10 Å². The smallest absolute Gasteiger partial charge is 0.274 e. The number of amides is 1. The number of aromatic amines is 1. The lowest BCUT2D eigenvalue weighted by atomic mass is 9.91. The number of carbonyl (C=O) groups is 1. The van der Waals surface area contributed by atoms with E-state index in [2.05, 4.69) is 31.0 Å². The second-order valence-corrected chi connectivity index (χ2v) is 7.18. The fraction of sp³-hybridized carbons (Fsp3) is 0.444. The van der Waals surface area contributed by atoms with Gasteiger partial charge in [-0.25, -0.2) is 4.39 Å². The first-order valence-corrected chi connectivity index (χ1v) is 7.92. The van der Waals surface area contributed by atoms with E-state index in [4.69, 9.17) is 0 Å². The molecule has 0 bridgehead atoms. The van der Waals surface area contributed by atoms with Crippen LogP contribution in [-0.2, 0) is 11.8 Å². The van der Waals surface area contributed by atoms with Gasteiger partial charge in [0.05, 0.1) is 6.04 Å². The molecule has 0 fully saturated rings. The van der Waals surface area contributed by atoms with Crippen molar-refractivity contribution >= 4 is 5.91 Å². The van der Waals surface area contributed by atoms with Crippen LogP contribution in [0.15, 0.2) is 24.3 Å². The molecule has 122 valence electrons. The highest BCUT2D eigenvalue weighted by Crippen LogP contribution is 2.31. The van der Waals surface area contributed by atoms with Gasteiger partial charge in [0.25, 0.3) is 5.91 Å². The monoisotopic (exact) mass is 315 g/mol. The highest BCUT2D eigenvalue weighted by Gasteiger charge is 2.30. The maximum atomic E-state index is 13.5. The second-order valence-electron chi connectivity index (χ2n) is 7.18. The lowest BCUT2D eigenvalue weighted by Gasteiger charge is -2.34. The second kappa shape index (κ2) is 5.48. The van der Waals surface area contributed by atoms with E-state index in [1.54, 1.807) is 4.90 Å². The van der Waals surface area contributed by atoms with Crippen LogP contribution in [0.2, 0.25) is 0 Å². The highest BCUT2D eigenvalue weighted by molar-refractivity contribution is 5.93. The molecular formula is C18H22FN3O. The molecule has 1 atom stereocenters. The van der Waals surface area contributed by atoms with Crippen LogP contribution in [0.3, 0.4) is 0 Å². The van der Waals surface area contributed by atoms with E-state index in [0.717, 1.165) is 23.2 Å². The Kier molecular flexibility index (Phi) is 3.74. The minimum absolute atomic E-state index is 0.0885. The van der Waals surface area contributed by atoms with Crippen LogP contribution in [0, 0.1) is 5.82 Å². The zero-order chi connectivity index (χ0) is 16.8. The van der Waals surface area contributed by atoms with Gasteiger partial charge in [-0.3, -0.25) is 9.89 Å². The summed E-state index contributed by atoms with van der Waals surface area (Å²) in [5.41, 5.74) is 3.25. The number of fused-ring (bicyclic) bond motifs is 1. The van der Waals surface area contributed by atoms with Crippen molar-refractivity contribution in [3.63, 3.8) is 0 Å². The largest absolute Gasteiger partial charge is 0.330 e. The standard InChI is InChI=1S/C18H22FN3O/c1-11-14-9-13(19)6-5-12(14)7-8-22(11)17(23)15-10-16(21-20-15)18(2,3)4/h5-6,9-11H,7-8H2,1-4H3,(H,20,21). The first-order valence-electron chi connectivity index (χ1n) is 7.92. The van der Waals surface area contributed by atoms with Crippen LogP contribution in [0.1, 0.15) is 61.0 Å². The Morgan fingerprint density at radius 1 is 1.35 bits per heavy atom. The number of benzene rings is 1. The van der Waals surface area contributed by atoms with Gasteiger partial charge in [0, 0.05) is 17.7 Å². The molecule has 1 unspecified atom stereocenters. The van der Waals surface area contributed by atoms with Crippen molar-refractivity contribution in [2.45, 2.75) is 45.6 Å². The lowest BCUT2D eigenvalue weighted by Crippen LogP contribution is -2.39. The van der Waals surface area contributed by atoms with Gasteiger partial charge in [-0.15, -0.1) is 0 Å². The molecule has 1 aromatic carbocycles. The Bertz CT molecular complexity index is 745. The Balaban J connectivity index is 1.88. The highest BCUT2D eigenvalue weighted by atomic mass is 19.1. The van der Waals surface area contributed by atoms with E-state index >= 15 is 0 Å². The summed E-state index contributed by atoms with van der Waals surface area (Å²) < 4.78 is 13.5. The van der Waals surface area contributed by atoms with Crippen molar-refractivity contribution in [2.75, 3.05) is 6.54 Å². The Morgan fingerprint density at radius 2 is 2.09 bits per heavy atom. The van der Waals surface area contributed by atoms with Gasteiger partial charge in [-0.05, 0) is 42.7 Å². The molecule has 1 N–H and O–H groups in total. The fourth-order valence-corrected chi connectivity index (χ4v) is 3.02. The van der Waals surface area contributed by atoms with Crippen molar-refractivity contribution in [3.8, 4) is 0 Å². The van der Waals surface area contributed by atoms with E-state index in [0.29, 0.717) is 12.2 Å². The van der Waals surface area contributed by atoms with E-state index in [1.165, 1.54) is 12.1 Å². The molecule has 0 spiro atoms. The number of halogens is 1. The van der Waals surface area contributed by atoms with Crippen LogP contribution in [0.5, 0.6) is 0 Å². The summed E-state index contributed by atoms with van der Waals surface area (Å²) in [5, 5.41) is 7.13. The van der Waals surface area contributed by atoms with Crippen LogP contribution in [0.4, 0.5) is 4.39 Å². The number of rotatable bonds is 1. The van der Waals surface area contributed by atoms with Gasteiger partial charge < -0.3 is 4.90 Å². The minimum Gasteiger partial charge on any atom is -0.330 e. The van der Waals surface area contributed by atoms with E-state index in [9.17, 15) is 9.18 Å². The molecule has 1 amide bonds. The fourth-order valence-electron chi connectivity index (χ4n) is 3.02. The van der Waals surface area contributed by atoms with Crippen molar-refractivity contribution in [1.29, 1.82) is 0 Å². The molecular weight excluding hydrogens is 293 g/mol. The Morgan fingerprint density at radius 3 is 2.74 bits per heavy atom. The third-order valence-corrected chi connectivity index (χ3v) is 4.51. The first-order chi connectivity index (χ1) is 10.8. The molecule has 4 nitrogen and oxygen atoms in total. The minimum atomic E-state index is -0.264. The average molecular weight is 315 g/mol. The third-order valence-electron chi connectivity index (χ3n) is 4.51. The number of nitrogens with zero attached hydrogens (tertiary/aromatic N) is 2. The molecule has 1 aromatic heterocycles. The van der Waals surface area contributed by atoms with Crippen molar-refractivity contribution in [2.24, 2.45) is 0 Å². The zero-order valence-corrected chi connectivity index (χ0v) is 14.0. The quantitative estimate of drug-likeness (QED) is 0.874. The number of H-pyrrole nitrogens is 1. The van der Waals surface area contributed by atoms with Crippen molar-refractivity contribution in [1.82, 2.24) is 15.1 Å². The normalized spacial score (nSPS) is 18.0. The first kappa shape index (κ1) is 15.7. The summed E-state index contributed by atoms with van der Waals surface area (Å²) in [5.74, 6) is -0.376. The summed E-state index contributed by atoms with van der Waals surface area (Å²) in [6.07, 6.45) is 0.738. The van der Waals surface area contributed by atoms with Crippen molar-refractivity contribution < 1.29 is 9.18 Å². The maximum Gasteiger partial charge on any atom is 0.274 e. The lowest BCUT2D eigenvalue weighted by molar-refractivity contribution is 0.0671. The van der Waals surface area contributed by atoms with Gasteiger partial charge >= 0.3 is 0 Å². The zero-order valence-electron chi connectivity index (χ0n) is 14.0. The number of carbonyl (C=O) groups excluding carboxylic acids is 1. The molecule has 2 aromatic rings. The molecule has 0 saturated heterocycles. The molecule has 2 heterocycles. The van der Waals surface area contributed by atoms with Crippen LogP contribution in [0.25, 0.3) is 0 Å². The van der Waals surface area contributed by atoms with E-state index < -0.39 is 0 Å². The van der Waals surface area contributed by atoms with Gasteiger partial charge in [0.15, 0.2) is 0 Å². The summed E-state index contributed by atoms with van der Waals surface area (Å²) in [7, 11) is 0. The van der Waals surface area contributed by atoms with Crippen LogP contribution < -0.4 is 0 Å². The summed E-state index contributed by atoms with van der Waals surface area (Å²) in [4.78, 5) is 14.6. The third kappa shape index (κ3) is 2.87. The van der Waals surface area contributed by atoms with E-state index in [1.807, 2.05) is 19.1 Å².